The van der Waals surface area contributed by atoms with E-state index in [1.54, 1.807) is 7.11 Å². The number of rotatable bonds is 7. The summed E-state index contributed by atoms with van der Waals surface area (Å²) < 4.78 is 13.9. The van der Waals surface area contributed by atoms with Crippen molar-refractivity contribution in [2.24, 2.45) is 0 Å². The number of aryl methyl sites for hydroxylation is 2. The SMILES string of the molecule is COc1cccc(-n2c(C)cc([C@@H]3[C@@H](c4ccccn4)NC(=S)N3c3ccc(Oc4ccc(C)cc4)cc3)c2C)c1. The van der Waals surface area contributed by atoms with Gasteiger partial charge in [-0.05, 0) is 105 Å². The third-order valence-corrected chi connectivity index (χ3v) is 7.88. The number of pyridine rings is 1. The van der Waals surface area contributed by atoms with Gasteiger partial charge in [0.2, 0.25) is 0 Å². The molecule has 2 aromatic heterocycles. The van der Waals surface area contributed by atoms with Crippen LogP contribution in [0.25, 0.3) is 5.69 Å². The van der Waals surface area contributed by atoms with Gasteiger partial charge in [0, 0.05) is 35.0 Å². The molecule has 0 aliphatic carbocycles. The van der Waals surface area contributed by atoms with Crippen LogP contribution in [0.5, 0.6) is 17.2 Å². The third kappa shape index (κ3) is 5.16. The molecule has 1 saturated heterocycles. The van der Waals surface area contributed by atoms with Gasteiger partial charge in [0.15, 0.2) is 5.11 Å². The first kappa shape index (κ1) is 26.6. The van der Waals surface area contributed by atoms with Gasteiger partial charge in [-0.3, -0.25) is 4.98 Å². The van der Waals surface area contributed by atoms with E-state index in [1.807, 2.05) is 66.9 Å². The minimum absolute atomic E-state index is 0.119. The predicted octanol–water partition coefficient (Wildman–Crippen LogP) is 7.78. The Bertz CT molecular complexity index is 1680. The molecule has 1 aliphatic heterocycles. The molecule has 0 radical (unpaired) electrons. The van der Waals surface area contributed by atoms with E-state index in [2.05, 4.69) is 72.0 Å². The van der Waals surface area contributed by atoms with Crippen LogP contribution in [0.15, 0.2) is 103 Å². The maximum atomic E-state index is 6.10. The minimum Gasteiger partial charge on any atom is -0.497 e. The Morgan fingerprint density at radius 1 is 0.780 bits per heavy atom. The van der Waals surface area contributed by atoms with Crippen LogP contribution in [-0.2, 0) is 0 Å². The number of hydrogen-bond donors (Lipinski definition) is 1. The molecule has 0 unspecified atom stereocenters. The topological polar surface area (TPSA) is 51.5 Å². The summed E-state index contributed by atoms with van der Waals surface area (Å²) in [4.78, 5) is 6.91. The maximum Gasteiger partial charge on any atom is 0.174 e. The smallest absolute Gasteiger partial charge is 0.174 e. The Balaban J connectivity index is 1.40. The van der Waals surface area contributed by atoms with Crippen molar-refractivity contribution in [3.63, 3.8) is 0 Å². The summed E-state index contributed by atoms with van der Waals surface area (Å²) in [6.45, 7) is 6.36. The monoisotopic (exact) mass is 560 g/mol. The van der Waals surface area contributed by atoms with Crippen molar-refractivity contribution < 1.29 is 9.47 Å². The van der Waals surface area contributed by atoms with Gasteiger partial charge in [-0.1, -0.05) is 29.8 Å². The first-order chi connectivity index (χ1) is 19.9. The number of anilines is 1. The predicted molar refractivity (Wildman–Crippen MR) is 167 cm³/mol. The van der Waals surface area contributed by atoms with E-state index in [9.17, 15) is 0 Å². The fourth-order valence-electron chi connectivity index (χ4n) is 5.60. The molecule has 206 valence electrons. The average Bonchev–Trinajstić information content (AvgIpc) is 3.49. The van der Waals surface area contributed by atoms with Crippen LogP contribution < -0.4 is 19.7 Å². The van der Waals surface area contributed by atoms with Crippen LogP contribution in [0.4, 0.5) is 5.69 Å². The Kier molecular flexibility index (Phi) is 7.20. The Hall–Kier alpha value is -4.62. The molecule has 6 nitrogen and oxygen atoms in total. The highest BCUT2D eigenvalue weighted by molar-refractivity contribution is 7.80. The van der Waals surface area contributed by atoms with Crippen LogP contribution in [0, 0.1) is 20.8 Å². The van der Waals surface area contributed by atoms with Crippen molar-refractivity contribution in [1.82, 2.24) is 14.9 Å². The number of methoxy groups -OCH3 is 1. The zero-order chi connectivity index (χ0) is 28.5. The van der Waals surface area contributed by atoms with Crippen LogP contribution in [0.1, 0.15) is 40.3 Å². The molecule has 1 N–H and O–H groups in total. The molecular weight excluding hydrogens is 528 g/mol. The van der Waals surface area contributed by atoms with Crippen molar-refractivity contribution in [2.45, 2.75) is 32.9 Å². The maximum absolute atomic E-state index is 6.10. The normalized spacial score (nSPS) is 16.5. The van der Waals surface area contributed by atoms with Gasteiger partial charge in [0.05, 0.1) is 24.9 Å². The standard InChI is InChI=1S/C34H32N4O2S/c1-22-11-15-27(16-12-22)40-28-17-13-25(14-18-28)38-33(32(36-34(38)41)31-10-5-6-19-35-31)30-20-23(2)37(24(30)3)26-8-7-9-29(21-26)39-4/h5-21,32-33H,1-4H3,(H,36,41)/t32-,33-/m1/s1. The van der Waals surface area contributed by atoms with Gasteiger partial charge in [-0.25, -0.2) is 0 Å². The first-order valence-electron chi connectivity index (χ1n) is 13.6. The van der Waals surface area contributed by atoms with Crippen molar-refractivity contribution in [1.29, 1.82) is 0 Å². The largest absolute Gasteiger partial charge is 0.497 e. The number of benzene rings is 3. The summed E-state index contributed by atoms with van der Waals surface area (Å²) in [5.41, 5.74) is 7.61. The van der Waals surface area contributed by atoms with E-state index < -0.39 is 0 Å². The molecule has 41 heavy (non-hydrogen) atoms. The molecule has 0 amide bonds. The lowest BCUT2D eigenvalue weighted by Gasteiger charge is -2.28. The van der Waals surface area contributed by atoms with Gasteiger partial charge >= 0.3 is 0 Å². The van der Waals surface area contributed by atoms with Gasteiger partial charge < -0.3 is 24.3 Å². The fraction of sp³-hybridized carbons (Fsp3) is 0.176. The number of hydrogen-bond acceptors (Lipinski definition) is 4. The van der Waals surface area contributed by atoms with Crippen LogP contribution in [0.3, 0.4) is 0 Å². The first-order valence-corrected chi connectivity index (χ1v) is 14.0. The molecule has 6 rings (SSSR count). The molecule has 3 aromatic carbocycles. The van der Waals surface area contributed by atoms with E-state index in [0.717, 1.165) is 45.7 Å². The number of nitrogens with one attached hydrogen (secondary N) is 1. The summed E-state index contributed by atoms with van der Waals surface area (Å²) in [5, 5.41) is 4.23. The Morgan fingerprint density at radius 2 is 1.51 bits per heavy atom. The molecule has 1 fully saturated rings. The second-order valence-electron chi connectivity index (χ2n) is 10.3. The summed E-state index contributed by atoms with van der Waals surface area (Å²) in [5.74, 6) is 2.39. The van der Waals surface area contributed by atoms with Crippen molar-refractivity contribution >= 4 is 23.0 Å². The molecular formula is C34H32N4O2S. The number of thiocarbonyl (C=S) groups is 1. The lowest BCUT2D eigenvalue weighted by Crippen LogP contribution is -2.29. The Labute approximate surface area is 246 Å². The summed E-state index contributed by atoms with van der Waals surface area (Å²) in [7, 11) is 1.69. The van der Waals surface area contributed by atoms with Crippen LogP contribution >= 0.6 is 12.2 Å². The van der Waals surface area contributed by atoms with E-state index in [1.165, 1.54) is 11.1 Å². The highest BCUT2D eigenvalue weighted by atomic mass is 32.1. The lowest BCUT2D eigenvalue weighted by atomic mass is 9.96. The van der Waals surface area contributed by atoms with Gasteiger partial charge in [0.1, 0.15) is 17.2 Å². The van der Waals surface area contributed by atoms with Crippen molar-refractivity contribution in [3.8, 4) is 22.9 Å². The number of ether oxygens (including phenoxy) is 2. The van der Waals surface area contributed by atoms with Gasteiger partial charge in [-0.15, -0.1) is 0 Å². The van der Waals surface area contributed by atoms with Crippen molar-refractivity contribution in [2.75, 3.05) is 12.0 Å². The van der Waals surface area contributed by atoms with Crippen molar-refractivity contribution in [3.05, 3.63) is 131 Å². The molecule has 1 aliphatic rings. The molecule has 5 aromatic rings. The number of aromatic nitrogens is 2. The van der Waals surface area contributed by atoms with Crippen LogP contribution in [-0.4, -0.2) is 21.8 Å². The fourth-order valence-corrected chi connectivity index (χ4v) is 5.95. The highest BCUT2D eigenvalue weighted by Gasteiger charge is 2.42. The van der Waals surface area contributed by atoms with Crippen LogP contribution in [0.2, 0.25) is 0 Å². The minimum atomic E-state index is -0.133. The van der Waals surface area contributed by atoms with Gasteiger partial charge in [-0.2, -0.15) is 0 Å². The second-order valence-corrected chi connectivity index (χ2v) is 10.7. The quantitative estimate of drug-likeness (QED) is 0.205. The molecule has 0 saturated carbocycles. The zero-order valence-electron chi connectivity index (χ0n) is 23.5. The average molecular weight is 561 g/mol. The van der Waals surface area contributed by atoms with Gasteiger partial charge in [0.25, 0.3) is 0 Å². The van der Waals surface area contributed by atoms with E-state index >= 15 is 0 Å². The lowest BCUT2D eigenvalue weighted by molar-refractivity contribution is 0.414. The summed E-state index contributed by atoms with van der Waals surface area (Å²) in [6, 6.07) is 32.3. The van der Waals surface area contributed by atoms with E-state index in [0.29, 0.717) is 5.11 Å². The second kappa shape index (κ2) is 11.1. The number of nitrogens with zero attached hydrogens (tertiary/aromatic N) is 3. The molecule has 7 heteroatoms. The summed E-state index contributed by atoms with van der Waals surface area (Å²) >= 11 is 5.97. The summed E-state index contributed by atoms with van der Waals surface area (Å²) in [6.07, 6.45) is 1.83. The third-order valence-electron chi connectivity index (χ3n) is 7.57. The zero-order valence-corrected chi connectivity index (χ0v) is 24.4. The molecule has 0 bridgehead atoms. The van der Waals surface area contributed by atoms with E-state index in [-0.39, 0.29) is 12.1 Å². The molecule has 2 atom stereocenters. The Morgan fingerprint density at radius 3 is 2.20 bits per heavy atom. The highest BCUT2D eigenvalue weighted by Crippen LogP contribution is 2.44. The molecule has 3 heterocycles. The molecule has 0 spiro atoms. The van der Waals surface area contributed by atoms with E-state index in [4.69, 9.17) is 26.7 Å².